The number of nitrogens with one attached hydrogen (secondary N) is 1. The molecule has 32 heavy (non-hydrogen) atoms. The third-order valence-electron chi connectivity index (χ3n) is 4.66. The Balaban J connectivity index is 2.36. The fourth-order valence-electron chi connectivity index (χ4n) is 3.00. The predicted octanol–water partition coefficient (Wildman–Crippen LogP) is 3.65. The van der Waals surface area contributed by atoms with Crippen LogP contribution in [0.4, 0.5) is 5.69 Å². The Kier molecular flexibility index (Phi) is 9.35. The van der Waals surface area contributed by atoms with Crippen molar-refractivity contribution in [2.45, 2.75) is 39.4 Å². The number of carbonyl (C=O) groups excluding carboxylic acids is 2. The van der Waals surface area contributed by atoms with Crippen molar-refractivity contribution < 1.29 is 18.0 Å². The molecule has 10 heteroatoms. The van der Waals surface area contributed by atoms with E-state index in [-0.39, 0.29) is 18.5 Å². The molecule has 0 aliphatic carbocycles. The van der Waals surface area contributed by atoms with Crippen molar-refractivity contribution in [3.63, 3.8) is 0 Å². The lowest BCUT2D eigenvalue weighted by atomic mass is 10.1. The zero-order chi connectivity index (χ0) is 24.1. The highest BCUT2D eigenvalue weighted by atomic mass is 127. The van der Waals surface area contributed by atoms with E-state index in [0.717, 1.165) is 19.7 Å². The fourth-order valence-corrected chi connectivity index (χ4v) is 4.33. The van der Waals surface area contributed by atoms with Crippen LogP contribution in [0.25, 0.3) is 0 Å². The van der Waals surface area contributed by atoms with Gasteiger partial charge in [0.25, 0.3) is 0 Å². The van der Waals surface area contributed by atoms with Crippen LogP contribution in [-0.4, -0.2) is 50.0 Å². The Bertz CT molecular complexity index is 1040. The number of anilines is 1. The SMILES string of the molecule is CC(C)NC(=O)[C@@H](C)N(Cc1ccc(Cl)cc1)C(=O)CN(c1ccc(I)cc1)S(C)(=O)=O. The van der Waals surface area contributed by atoms with Gasteiger partial charge in [-0.25, -0.2) is 8.42 Å². The van der Waals surface area contributed by atoms with Gasteiger partial charge < -0.3 is 10.2 Å². The van der Waals surface area contributed by atoms with Crippen molar-refractivity contribution in [2.75, 3.05) is 17.1 Å². The van der Waals surface area contributed by atoms with Crippen molar-refractivity contribution in [1.82, 2.24) is 10.2 Å². The maximum Gasteiger partial charge on any atom is 0.244 e. The van der Waals surface area contributed by atoms with Crippen LogP contribution in [-0.2, 0) is 26.2 Å². The van der Waals surface area contributed by atoms with Crippen molar-refractivity contribution in [3.8, 4) is 0 Å². The summed E-state index contributed by atoms with van der Waals surface area (Å²) in [6.07, 6.45) is 1.05. The lowest BCUT2D eigenvalue weighted by Gasteiger charge is -2.32. The average molecular weight is 592 g/mol. The zero-order valence-electron chi connectivity index (χ0n) is 18.4. The number of nitrogens with zero attached hydrogens (tertiary/aromatic N) is 2. The number of rotatable bonds is 9. The summed E-state index contributed by atoms with van der Waals surface area (Å²) >= 11 is 8.08. The Morgan fingerprint density at radius 2 is 1.59 bits per heavy atom. The van der Waals surface area contributed by atoms with Crippen molar-refractivity contribution in [1.29, 1.82) is 0 Å². The molecule has 0 fully saturated rings. The highest BCUT2D eigenvalue weighted by Gasteiger charge is 2.30. The molecule has 0 bridgehead atoms. The number of benzene rings is 2. The van der Waals surface area contributed by atoms with Gasteiger partial charge in [-0.1, -0.05) is 23.7 Å². The number of carbonyl (C=O) groups is 2. The summed E-state index contributed by atoms with van der Waals surface area (Å²) in [5, 5.41) is 3.36. The predicted molar refractivity (Wildman–Crippen MR) is 136 cm³/mol. The van der Waals surface area contributed by atoms with Crippen LogP contribution in [0.15, 0.2) is 48.5 Å². The molecule has 174 valence electrons. The first kappa shape index (κ1) is 26.4. The normalized spacial score (nSPS) is 12.3. The molecule has 0 spiro atoms. The highest BCUT2D eigenvalue weighted by molar-refractivity contribution is 14.1. The van der Waals surface area contributed by atoms with Crippen LogP contribution in [0, 0.1) is 3.57 Å². The Hall–Kier alpha value is -1.85. The van der Waals surface area contributed by atoms with Crippen LogP contribution in [0.5, 0.6) is 0 Å². The molecule has 2 amide bonds. The maximum atomic E-state index is 13.4. The molecule has 2 aromatic carbocycles. The first-order valence-corrected chi connectivity index (χ1v) is 13.3. The van der Waals surface area contributed by atoms with E-state index in [2.05, 4.69) is 27.9 Å². The quantitative estimate of drug-likeness (QED) is 0.451. The summed E-state index contributed by atoms with van der Waals surface area (Å²) < 4.78 is 26.9. The van der Waals surface area contributed by atoms with Gasteiger partial charge in [0, 0.05) is 21.2 Å². The van der Waals surface area contributed by atoms with E-state index in [1.165, 1.54) is 4.90 Å². The van der Waals surface area contributed by atoms with Gasteiger partial charge in [-0.15, -0.1) is 0 Å². The summed E-state index contributed by atoms with van der Waals surface area (Å²) in [7, 11) is -3.74. The first-order chi connectivity index (χ1) is 14.9. The monoisotopic (exact) mass is 591 g/mol. The minimum atomic E-state index is -3.74. The summed E-state index contributed by atoms with van der Waals surface area (Å²) in [4.78, 5) is 27.4. The molecule has 0 aromatic heterocycles. The summed E-state index contributed by atoms with van der Waals surface area (Å²) in [5.41, 5.74) is 1.15. The minimum absolute atomic E-state index is 0.100. The molecule has 0 heterocycles. The summed E-state index contributed by atoms with van der Waals surface area (Å²) in [6, 6.07) is 12.9. The second-order valence-electron chi connectivity index (χ2n) is 7.73. The van der Waals surface area contributed by atoms with Gasteiger partial charge in [0.05, 0.1) is 11.9 Å². The minimum Gasteiger partial charge on any atom is -0.352 e. The number of halogens is 2. The van der Waals surface area contributed by atoms with E-state index >= 15 is 0 Å². The molecule has 2 rings (SSSR count). The largest absolute Gasteiger partial charge is 0.352 e. The summed E-state index contributed by atoms with van der Waals surface area (Å²) in [5.74, 6) is -0.808. The molecule has 0 unspecified atom stereocenters. The van der Waals surface area contributed by atoms with Gasteiger partial charge in [0.1, 0.15) is 12.6 Å². The lowest BCUT2D eigenvalue weighted by molar-refractivity contribution is -0.139. The lowest BCUT2D eigenvalue weighted by Crippen LogP contribution is -2.52. The molecule has 0 aliphatic rings. The first-order valence-electron chi connectivity index (χ1n) is 9.96. The Morgan fingerprint density at radius 1 is 1.03 bits per heavy atom. The van der Waals surface area contributed by atoms with Gasteiger partial charge in [-0.2, -0.15) is 0 Å². The van der Waals surface area contributed by atoms with Crippen LogP contribution < -0.4 is 9.62 Å². The summed E-state index contributed by atoms with van der Waals surface area (Å²) in [6.45, 7) is 5.00. The highest BCUT2D eigenvalue weighted by Crippen LogP contribution is 2.21. The third kappa shape index (κ3) is 7.63. The second-order valence-corrected chi connectivity index (χ2v) is 11.3. The van der Waals surface area contributed by atoms with E-state index in [1.54, 1.807) is 55.5 Å². The van der Waals surface area contributed by atoms with E-state index in [4.69, 9.17) is 11.6 Å². The molecule has 0 radical (unpaired) electrons. The Labute approximate surface area is 208 Å². The molecular formula is C22H27ClIN3O4S. The Morgan fingerprint density at radius 3 is 2.09 bits per heavy atom. The van der Waals surface area contributed by atoms with Gasteiger partial charge in [-0.05, 0) is 85.3 Å². The third-order valence-corrected chi connectivity index (χ3v) is 6.77. The van der Waals surface area contributed by atoms with Crippen LogP contribution in [0.3, 0.4) is 0 Å². The van der Waals surface area contributed by atoms with Gasteiger partial charge in [0.15, 0.2) is 0 Å². The molecular weight excluding hydrogens is 565 g/mol. The number of sulfonamides is 1. The van der Waals surface area contributed by atoms with Crippen LogP contribution >= 0.6 is 34.2 Å². The molecule has 0 saturated carbocycles. The maximum absolute atomic E-state index is 13.4. The van der Waals surface area contributed by atoms with Gasteiger partial charge >= 0.3 is 0 Å². The topological polar surface area (TPSA) is 86.8 Å². The standard InChI is InChI=1S/C22H27ClIN3O4S/c1-15(2)25-22(29)16(3)26(13-17-5-7-18(23)8-6-17)21(28)14-27(32(4,30)31)20-11-9-19(24)10-12-20/h5-12,15-16H,13-14H2,1-4H3,(H,25,29)/t16-/m1/s1. The molecule has 1 atom stereocenters. The number of amides is 2. The van der Waals surface area contributed by atoms with E-state index in [9.17, 15) is 18.0 Å². The molecule has 0 aliphatic heterocycles. The smallest absolute Gasteiger partial charge is 0.244 e. The molecule has 0 saturated heterocycles. The van der Waals surface area contributed by atoms with E-state index in [1.807, 2.05) is 13.8 Å². The molecule has 2 aromatic rings. The second kappa shape index (κ2) is 11.3. The van der Waals surface area contributed by atoms with Crippen molar-refractivity contribution >= 4 is 61.7 Å². The van der Waals surface area contributed by atoms with Gasteiger partial charge in [0.2, 0.25) is 21.8 Å². The van der Waals surface area contributed by atoms with Crippen molar-refractivity contribution in [3.05, 3.63) is 62.7 Å². The zero-order valence-corrected chi connectivity index (χ0v) is 22.1. The number of hydrogen-bond donors (Lipinski definition) is 1. The van der Waals surface area contributed by atoms with Crippen LogP contribution in [0.2, 0.25) is 5.02 Å². The number of hydrogen-bond acceptors (Lipinski definition) is 4. The average Bonchev–Trinajstić information content (AvgIpc) is 2.70. The van der Waals surface area contributed by atoms with E-state index in [0.29, 0.717) is 10.7 Å². The van der Waals surface area contributed by atoms with Gasteiger partial charge in [-0.3, -0.25) is 13.9 Å². The van der Waals surface area contributed by atoms with Crippen LogP contribution in [0.1, 0.15) is 26.3 Å². The molecule has 1 N–H and O–H groups in total. The van der Waals surface area contributed by atoms with Crippen molar-refractivity contribution in [2.24, 2.45) is 0 Å². The fraction of sp³-hybridized carbons (Fsp3) is 0.364. The molecule has 7 nitrogen and oxygen atoms in total. The van der Waals surface area contributed by atoms with E-state index < -0.39 is 28.5 Å².